The van der Waals surface area contributed by atoms with Crippen molar-refractivity contribution in [3.05, 3.63) is 0 Å². The summed E-state index contributed by atoms with van der Waals surface area (Å²) >= 11 is 0. The molecular formula is C22H47NO4. The summed E-state index contributed by atoms with van der Waals surface area (Å²) in [4.78, 5) is 10.6. The second-order valence-corrected chi connectivity index (χ2v) is 7.48. The Balaban J connectivity index is 0. The minimum absolute atomic E-state index is 0.125. The number of carboxylic acids is 1. The van der Waals surface area contributed by atoms with Crippen LogP contribution in [0.15, 0.2) is 0 Å². The van der Waals surface area contributed by atoms with Crippen LogP contribution in [0.25, 0.3) is 0 Å². The predicted octanol–water partition coefficient (Wildman–Crippen LogP) is 5.02. The molecule has 0 heterocycles. The molecule has 1 atom stereocenters. The van der Waals surface area contributed by atoms with E-state index in [1.165, 1.54) is 89.9 Å². The first kappa shape index (κ1) is 28.6. The minimum atomic E-state index is -0.869. The minimum Gasteiger partial charge on any atom is -0.480 e. The topological polar surface area (TPSA) is 104 Å². The van der Waals surface area contributed by atoms with Crippen LogP contribution in [-0.2, 0) is 4.79 Å². The lowest BCUT2D eigenvalue weighted by Gasteiger charge is -2.06. The smallest absolute Gasteiger partial charge is 0.320 e. The van der Waals surface area contributed by atoms with Gasteiger partial charge in [-0.25, -0.2) is 0 Å². The molecule has 0 saturated heterocycles. The largest absolute Gasteiger partial charge is 0.480 e. The Morgan fingerprint density at radius 3 is 1.22 bits per heavy atom. The molecule has 0 aromatic heterocycles. The first-order valence-electron chi connectivity index (χ1n) is 11.3. The van der Waals surface area contributed by atoms with Gasteiger partial charge in [0.1, 0.15) is 6.04 Å². The summed E-state index contributed by atoms with van der Waals surface area (Å²) in [5.41, 5.74) is 5.48. The lowest BCUT2D eigenvalue weighted by atomic mass is 10.0. The summed E-state index contributed by atoms with van der Waals surface area (Å²) in [7, 11) is 0. The Bertz CT molecular complexity index is 285. The van der Waals surface area contributed by atoms with Crippen LogP contribution in [0.1, 0.15) is 116 Å². The number of hydrogen-bond donors (Lipinski definition) is 4. The Morgan fingerprint density at radius 2 is 0.963 bits per heavy atom. The monoisotopic (exact) mass is 389 g/mol. The maximum atomic E-state index is 10.6. The number of nitrogens with two attached hydrogens (primary N) is 1. The maximum absolute atomic E-state index is 10.6. The zero-order valence-corrected chi connectivity index (χ0v) is 17.8. The molecule has 164 valence electrons. The van der Waals surface area contributed by atoms with E-state index in [4.69, 9.17) is 21.1 Å². The van der Waals surface area contributed by atoms with E-state index in [0.717, 1.165) is 12.8 Å². The van der Waals surface area contributed by atoms with Crippen molar-refractivity contribution < 1.29 is 20.1 Å². The van der Waals surface area contributed by atoms with E-state index in [2.05, 4.69) is 6.92 Å². The Kier molecular flexibility index (Phi) is 26.8. The van der Waals surface area contributed by atoms with Gasteiger partial charge >= 0.3 is 5.97 Å². The van der Waals surface area contributed by atoms with Gasteiger partial charge in [-0.15, -0.1) is 0 Å². The van der Waals surface area contributed by atoms with Crippen LogP contribution < -0.4 is 5.73 Å². The van der Waals surface area contributed by atoms with Gasteiger partial charge in [0.15, 0.2) is 0 Å². The van der Waals surface area contributed by atoms with Crippen LogP contribution in [0, 0.1) is 0 Å². The molecule has 0 aromatic carbocycles. The SMILES string of the molecule is CCCCCCCCCCCCCCCCCCC(N)C(=O)O.OCCO. The number of unbranched alkanes of at least 4 members (excludes halogenated alkanes) is 15. The van der Waals surface area contributed by atoms with Crippen molar-refractivity contribution >= 4 is 5.97 Å². The number of aliphatic hydroxyl groups excluding tert-OH is 2. The summed E-state index contributed by atoms with van der Waals surface area (Å²) in [5, 5.41) is 23.9. The molecule has 0 rings (SSSR count). The van der Waals surface area contributed by atoms with Crippen molar-refractivity contribution in [2.45, 2.75) is 122 Å². The number of carboxylic acid groups (broad SMARTS) is 1. The molecule has 5 nitrogen and oxygen atoms in total. The third-order valence-corrected chi connectivity index (χ3v) is 4.79. The van der Waals surface area contributed by atoms with E-state index in [-0.39, 0.29) is 13.2 Å². The van der Waals surface area contributed by atoms with Gasteiger partial charge in [0.25, 0.3) is 0 Å². The lowest BCUT2D eigenvalue weighted by molar-refractivity contribution is -0.138. The van der Waals surface area contributed by atoms with Crippen LogP contribution in [0.5, 0.6) is 0 Å². The number of carbonyl (C=O) groups is 1. The molecular weight excluding hydrogens is 342 g/mol. The second kappa shape index (κ2) is 25.4. The van der Waals surface area contributed by atoms with Crippen molar-refractivity contribution in [1.82, 2.24) is 0 Å². The van der Waals surface area contributed by atoms with E-state index < -0.39 is 12.0 Å². The van der Waals surface area contributed by atoms with Crippen molar-refractivity contribution in [3.63, 3.8) is 0 Å². The molecule has 0 saturated carbocycles. The van der Waals surface area contributed by atoms with Gasteiger partial charge in [-0.2, -0.15) is 0 Å². The van der Waals surface area contributed by atoms with Gasteiger partial charge in [-0.05, 0) is 6.42 Å². The van der Waals surface area contributed by atoms with Gasteiger partial charge in [-0.3, -0.25) is 4.79 Å². The van der Waals surface area contributed by atoms with Crippen molar-refractivity contribution in [2.24, 2.45) is 5.73 Å². The molecule has 0 amide bonds. The zero-order chi connectivity index (χ0) is 20.6. The molecule has 0 aromatic rings. The van der Waals surface area contributed by atoms with E-state index in [1.54, 1.807) is 0 Å². The molecule has 0 spiro atoms. The Morgan fingerprint density at radius 1 is 0.667 bits per heavy atom. The summed E-state index contributed by atoms with van der Waals surface area (Å²) < 4.78 is 0. The van der Waals surface area contributed by atoms with Gasteiger partial charge in [0.2, 0.25) is 0 Å². The molecule has 5 N–H and O–H groups in total. The highest BCUT2D eigenvalue weighted by Crippen LogP contribution is 2.14. The van der Waals surface area contributed by atoms with Crippen LogP contribution in [0.3, 0.4) is 0 Å². The number of aliphatic hydroxyl groups is 2. The fourth-order valence-electron chi connectivity index (χ4n) is 3.04. The number of aliphatic carboxylic acids is 1. The zero-order valence-electron chi connectivity index (χ0n) is 17.8. The molecule has 0 radical (unpaired) electrons. The third kappa shape index (κ3) is 27.7. The van der Waals surface area contributed by atoms with E-state index in [1.807, 2.05) is 0 Å². The quantitative estimate of drug-likeness (QED) is 0.232. The highest BCUT2D eigenvalue weighted by Gasteiger charge is 2.09. The van der Waals surface area contributed by atoms with Crippen molar-refractivity contribution in [2.75, 3.05) is 13.2 Å². The highest BCUT2D eigenvalue weighted by atomic mass is 16.4. The van der Waals surface area contributed by atoms with Crippen LogP contribution in [-0.4, -0.2) is 40.5 Å². The van der Waals surface area contributed by atoms with Crippen LogP contribution in [0.4, 0.5) is 0 Å². The van der Waals surface area contributed by atoms with Gasteiger partial charge in [0, 0.05) is 0 Å². The summed E-state index contributed by atoms with van der Waals surface area (Å²) in [6.07, 6.45) is 22.0. The highest BCUT2D eigenvalue weighted by molar-refractivity contribution is 5.72. The normalized spacial score (nSPS) is 11.7. The van der Waals surface area contributed by atoms with E-state index >= 15 is 0 Å². The van der Waals surface area contributed by atoms with Gasteiger partial charge in [-0.1, -0.05) is 110 Å². The lowest BCUT2D eigenvalue weighted by Crippen LogP contribution is -2.29. The number of hydrogen-bond acceptors (Lipinski definition) is 4. The summed E-state index contributed by atoms with van der Waals surface area (Å²) in [5.74, 6) is -0.869. The number of rotatable bonds is 19. The summed E-state index contributed by atoms with van der Waals surface area (Å²) in [6.45, 7) is 2.02. The fraction of sp³-hybridized carbons (Fsp3) is 0.955. The third-order valence-electron chi connectivity index (χ3n) is 4.79. The fourth-order valence-corrected chi connectivity index (χ4v) is 3.04. The molecule has 0 fully saturated rings. The van der Waals surface area contributed by atoms with Crippen molar-refractivity contribution in [3.8, 4) is 0 Å². The average Bonchev–Trinajstić information content (AvgIpc) is 2.67. The maximum Gasteiger partial charge on any atom is 0.320 e. The molecule has 5 heteroatoms. The van der Waals surface area contributed by atoms with Crippen molar-refractivity contribution in [1.29, 1.82) is 0 Å². The first-order chi connectivity index (χ1) is 13.1. The molecule has 0 aliphatic rings. The van der Waals surface area contributed by atoms with Crippen LogP contribution >= 0.6 is 0 Å². The summed E-state index contributed by atoms with van der Waals surface area (Å²) in [6, 6.07) is -0.665. The molecule has 0 bridgehead atoms. The molecule has 0 aliphatic carbocycles. The average molecular weight is 390 g/mol. The van der Waals surface area contributed by atoms with Gasteiger partial charge in [0.05, 0.1) is 13.2 Å². The molecule has 1 unspecified atom stereocenters. The van der Waals surface area contributed by atoms with E-state index in [9.17, 15) is 4.79 Å². The van der Waals surface area contributed by atoms with Gasteiger partial charge < -0.3 is 21.1 Å². The molecule has 0 aliphatic heterocycles. The first-order valence-corrected chi connectivity index (χ1v) is 11.3. The molecule has 27 heavy (non-hydrogen) atoms. The standard InChI is InChI=1S/C20H41NO2.C2H6O2/c1-2-3-4-5-6-7-8-9-10-11-12-13-14-15-16-17-18-19(21)20(22)23;3-1-2-4/h19H,2-18,21H2,1H3,(H,22,23);3-4H,1-2H2. The Labute approximate surface area is 167 Å². The van der Waals surface area contributed by atoms with Crippen LogP contribution in [0.2, 0.25) is 0 Å². The predicted molar refractivity (Wildman–Crippen MR) is 114 cm³/mol. The second-order valence-electron chi connectivity index (χ2n) is 7.48. The Hall–Kier alpha value is -0.650. The van der Waals surface area contributed by atoms with E-state index in [0.29, 0.717) is 6.42 Å².